The van der Waals surface area contributed by atoms with Gasteiger partial charge in [-0.25, -0.2) is 0 Å². The van der Waals surface area contributed by atoms with E-state index < -0.39 is 0 Å². The Labute approximate surface area is 97.4 Å². The average Bonchev–Trinajstić information content (AvgIpc) is 2.30. The van der Waals surface area contributed by atoms with Crippen LogP contribution < -0.4 is 5.32 Å². The van der Waals surface area contributed by atoms with Crippen molar-refractivity contribution in [3.63, 3.8) is 0 Å². The number of nitrogens with one attached hydrogen (secondary N) is 1. The highest BCUT2D eigenvalue weighted by molar-refractivity contribution is 6.01. The zero-order valence-corrected chi connectivity index (χ0v) is 10.4. The highest BCUT2D eigenvalue weighted by atomic mass is 16.1. The number of benzene rings is 1. The highest BCUT2D eigenvalue weighted by Gasteiger charge is 2.18. The van der Waals surface area contributed by atoms with Gasteiger partial charge < -0.3 is 5.32 Å². The summed E-state index contributed by atoms with van der Waals surface area (Å²) in [4.78, 5) is 11.3. The van der Waals surface area contributed by atoms with Crippen molar-refractivity contribution in [3.8, 4) is 0 Å². The van der Waals surface area contributed by atoms with Crippen molar-refractivity contribution in [2.45, 2.75) is 33.7 Å². The van der Waals surface area contributed by atoms with Crippen LogP contribution >= 0.6 is 0 Å². The van der Waals surface area contributed by atoms with Gasteiger partial charge in [-0.15, -0.1) is 0 Å². The molecule has 1 atom stereocenters. The summed E-state index contributed by atoms with van der Waals surface area (Å²) in [6, 6.07) is 8.12. The zero-order chi connectivity index (χ0) is 12.1. The minimum atomic E-state index is 0.113. The molecule has 0 bridgehead atoms. The molecule has 0 fully saturated rings. The van der Waals surface area contributed by atoms with Crippen molar-refractivity contribution in [2.75, 3.05) is 5.32 Å². The van der Waals surface area contributed by atoms with Gasteiger partial charge in [0.2, 0.25) is 0 Å². The molecule has 0 aliphatic carbocycles. The first-order valence-corrected chi connectivity index (χ1v) is 5.76. The van der Waals surface area contributed by atoms with Crippen LogP contribution in [0.5, 0.6) is 0 Å². The van der Waals surface area contributed by atoms with E-state index in [0.29, 0.717) is 0 Å². The maximum atomic E-state index is 11.3. The molecule has 1 N–H and O–H groups in total. The van der Waals surface area contributed by atoms with E-state index in [1.165, 1.54) is 0 Å². The van der Waals surface area contributed by atoms with Gasteiger partial charge in [0.15, 0.2) is 5.78 Å². The standard InChI is InChI=1S/C12H13NO.C2H6/c1-8-11(9(2)14)7-10-5-3-4-6-12(10)13-8;1-2/h3-8,13H,1-2H3;1-2H3. The largest absolute Gasteiger partial charge is 0.378 e. The fourth-order valence-electron chi connectivity index (χ4n) is 1.76. The topological polar surface area (TPSA) is 29.1 Å². The number of ketones is 1. The molecule has 1 heterocycles. The van der Waals surface area contributed by atoms with E-state index in [1.807, 2.05) is 51.1 Å². The van der Waals surface area contributed by atoms with Crippen LogP contribution in [0, 0.1) is 0 Å². The second-order valence-corrected chi connectivity index (χ2v) is 3.61. The van der Waals surface area contributed by atoms with E-state index in [2.05, 4.69) is 5.32 Å². The summed E-state index contributed by atoms with van der Waals surface area (Å²) in [7, 11) is 0. The fraction of sp³-hybridized carbons (Fsp3) is 0.357. The minimum Gasteiger partial charge on any atom is -0.378 e. The molecule has 2 heteroatoms. The van der Waals surface area contributed by atoms with Crippen molar-refractivity contribution in [1.82, 2.24) is 0 Å². The molecule has 86 valence electrons. The Bertz CT molecular complexity index is 407. The monoisotopic (exact) mass is 217 g/mol. The molecule has 0 amide bonds. The van der Waals surface area contributed by atoms with Crippen molar-refractivity contribution < 1.29 is 4.79 Å². The number of carbonyl (C=O) groups is 1. The van der Waals surface area contributed by atoms with Crippen LogP contribution in [0.25, 0.3) is 6.08 Å². The number of fused-ring (bicyclic) bond motifs is 1. The SMILES string of the molecule is CC.CC(=O)C1=Cc2ccccc2NC1C. The molecule has 1 unspecified atom stereocenters. The lowest BCUT2D eigenvalue weighted by atomic mass is 9.96. The van der Waals surface area contributed by atoms with E-state index in [4.69, 9.17) is 0 Å². The third-order valence-corrected chi connectivity index (χ3v) is 2.52. The van der Waals surface area contributed by atoms with Crippen LogP contribution in [-0.4, -0.2) is 11.8 Å². The Morgan fingerprint density at radius 3 is 2.50 bits per heavy atom. The normalized spacial score (nSPS) is 17.2. The van der Waals surface area contributed by atoms with Crippen molar-refractivity contribution in [3.05, 3.63) is 35.4 Å². The van der Waals surface area contributed by atoms with E-state index in [0.717, 1.165) is 16.8 Å². The Morgan fingerprint density at radius 1 is 1.25 bits per heavy atom. The number of anilines is 1. The summed E-state index contributed by atoms with van der Waals surface area (Å²) in [5.74, 6) is 0.138. The summed E-state index contributed by atoms with van der Waals surface area (Å²) in [6.45, 7) is 7.61. The number of Topliss-reactive ketones (excluding diaryl/α,β-unsaturated/α-hetero) is 1. The first-order valence-electron chi connectivity index (χ1n) is 5.76. The van der Waals surface area contributed by atoms with Gasteiger partial charge in [0.05, 0.1) is 6.04 Å². The van der Waals surface area contributed by atoms with Gasteiger partial charge in [0.25, 0.3) is 0 Å². The lowest BCUT2D eigenvalue weighted by molar-refractivity contribution is -0.113. The van der Waals surface area contributed by atoms with E-state index in [1.54, 1.807) is 6.92 Å². The maximum Gasteiger partial charge on any atom is 0.157 e. The second kappa shape index (κ2) is 5.50. The lowest BCUT2D eigenvalue weighted by Gasteiger charge is -2.23. The molecule has 0 spiro atoms. The summed E-state index contributed by atoms with van der Waals surface area (Å²) < 4.78 is 0. The molecular weight excluding hydrogens is 198 g/mol. The van der Waals surface area contributed by atoms with Gasteiger partial charge in [0.1, 0.15) is 0 Å². The first kappa shape index (κ1) is 12.5. The molecule has 0 radical (unpaired) electrons. The van der Waals surface area contributed by atoms with Gasteiger partial charge in [-0.3, -0.25) is 4.79 Å². The Balaban J connectivity index is 0.000000606. The third kappa shape index (κ3) is 2.51. The molecule has 1 aliphatic rings. The summed E-state index contributed by atoms with van der Waals surface area (Å²) in [5, 5.41) is 3.30. The smallest absolute Gasteiger partial charge is 0.157 e. The number of para-hydroxylation sites is 1. The lowest BCUT2D eigenvalue weighted by Crippen LogP contribution is -2.25. The van der Waals surface area contributed by atoms with E-state index in [-0.39, 0.29) is 11.8 Å². The van der Waals surface area contributed by atoms with Gasteiger partial charge in [-0.2, -0.15) is 0 Å². The molecule has 1 aromatic rings. The predicted octanol–water partition coefficient (Wildman–Crippen LogP) is 3.50. The molecule has 0 aromatic heterocycles. The zero-order valence-electron chi connectivity index (χ0n) is 10.4. The molecule has 0 saturated heterocycles. The van der Waals surface area contributed by atoms with E-state index >= 15 is 0 Å². The molecule has 0 saturated carbocycles. The van der Waals surface area contributed by atoms with Crippen LogP contribution in [0.15, 0.2) is 29.8 Å². The third-order valence-electron chi connectivity index (χ3n) is 2.52. The van der Waals surface area contributed by atoms with Crippen molar-refractivity contribution >= 4 is 17.5 Å². The quantitative estimate of drug-likeness (QED) is 0.780. The van der Waals surface area contributed by atoms with Crippen LogP contribution in [-0.2, 0) is 4.79 Å². The van der Waals surface area contributed by atoms with Crippen molar-refractivity contribution in [1.29, 1.82) is 0 Å². The highest BCUT2D eigenvalue weighted by Crippen LogP contribution is 2.26. The van der Waals surface area contributed by atoms with Gasteiger partial charge in [-0.1, -0.05) is 32.0 Å². The summed E-state index contributed by atoms with van der Waals surface area (Å²) >= 11 is 0. The number of carbonyl (C=O) groups excluding carboxylic acids is 1. The number of hydrogen-bond donors (Lipinski definition) is 1. The molecule has 2 nitrogen and oxygen atoms in total. The first-order chi connectivity index (χ1) is 7.68. The summed E-state index contributed by atoms with van der Waals surface area (Å²) in [6.07, 6.45) is 1.97. The van der Waals surface area contributed by atoms with Crippen molar-refractivity contribution in [2.24, 2.45) is 0 Å². The van der Waals surface area contributed by atoms with Gasteiger partial charge in [0, 0.05) is 11.3 Å². The number of rotatable bonds is 1. The molecule has 1 aromatic carbocycles. The van der Waals surface area contributed by atoms with E-state index in [9.17, 15) is 4.79 Å². The number of hydrogen-bond acceptors (Lipinski definition) is 2. The fourth-order valence-corrected chi connectivity index (χ4v) is 1.76. The average molecular weight is 217 g/mol. The molecule has 16 heavy (non-hydrogen) atoms. The molecular formula is C14H19NO. The Kier molecular flexibility index (Phi) is 4.29. The van der Waals surface area contributed by atoms with Crippen LogP contribution in [0.2, 0.25) is 0 Å². The predicted molar refractivity (Wildman–Crippen MR) is 69.5 cm³/mol. The van der Waals surface area contributed by atoms with Crippen LogP contribution in [0.3, 0.4) is 0 Å². The second-order valence-electron chi connectivity index (χ2n) is 3.61. The van der Waals surface area contributed by atoms with Crippen LogP contribution in [0.4, 0.5) is 5.69 Å². The summed E-state index contributed by atoms with van der Waals surface area (Å²) in [5.41, 5.74) is 3.05. The van der Waals surface area contributed by atoms with Gasteiger partial charge in [-0.05, 0) is 31.6 Å². The Morgan fingerprint density at radius 2 is 1.88 bits per heavy atom. The van der Waals surface area contributed by atoms with Crippen LogP contribution in [0.1, 0.15) is 33.3 Å². The maximum absolute atomic E-state index is 11.3. The molecule has 1 aliphatic heterocycles. The Hall–Kier alpha value is -1.57. The minimum absolute atomic E-state index is 0.113. The van der Waals surface area contributed by atoms with Gasteiger partial charge >= 0.3 is 0 Å². The molecule has 2 rings (SSSR count).